The second-order valence-corrected chi connectivity index (χ2v) is 4.03. The van der Waals surface area contributed by atoms with Gasteiger partial charge in [-0.15, -0.1) is 0 Å². The molecule has 0 amide bonds. The van der Waals surface area contributed by atoms with Crippen molar-refractivity contribution in [3.63, 3.8) is 0 Å². The molecule has 66 valence electrons. The molecule has 2 nitrogen and oxygen atoms in total. The fourth-order valence-corrected chi connectivity index (χ4v) is 1.37. The highest BCUT2D eigenvalue weighted by atomic mass is 32.2. The Labute approximate surface area is 74.2 Å². The third kappa shape index (κ3) is 2.08. The summed E-state index contributed by atoms with van der Waals surface area (Å²) in [6.45, 7) is 4.15. The van der Waals surface area contributed by atoms with E-state index in [0.717, 1.165) is 5.56 Å². The molecule has 1 rings (SSSR count). The van der Waals surface area contributed by atoms with Crippen LogP contribution in [-0.2, 0) is 10.7 Å². The van der Waals surface area contributed by atoms with Crippen LogP contribution in [0.3, 0.4) is 0 Å². The summed E-state index contributed by atoms with van der Waals surface area (Å²) in [5.41, 5.74) is 1.16. The Bertz CT molecular complexity index is 315. The maximum absolute atomic E-state index is 10.5. The molecule has 0 radical (unpaired) electrons. The molecule has 0 spiro atoms. The van der Waals surface area contributed by atoms with E-state index in [1.807, 2.05) is 12.1 Å². The molecule has 0 fully saturated rings. The number of thiol groups is 1. The Balaban J connectivity index is 3.01. The Morgan fingerprint density at radius 2 is 1.58 bits per heavy atom. The van der Waals surface area contributed by atoms with Gasteiger partial charge in [0.2, 0.25) is 0 Å². The summed E-state index contributed by atoms with van der Waals surface area (Å²) < 4.78 is 21.0. The maximum Gasteiger partial charge on any atom is 0.168 e. The molecule has 1 aromatic rings. The van der Waals surface area contributed by atoms with Gasteiger partial charge in [0.05, 0.1) is 4.90 Å². The van der Waals surface area contributed by atoms with Gasteiger partial charge >= 0.3 is 0 Å². The van der Waals surface area contributed by atoms with E-state index in [-0.39, 0.29) is 0 Å². The maximum atomic E-state index is 10.5. The van der Waals surface area contributed by atoms with Gasteiger partial charge in [-0.1, -0.05) is 26.0 Å². The molecule has 0 heterocycles. The SMILES string of the molecule is CC(C)c1ccc([SH](=O)=O)cc1. The summed E-state index contributed by atoms with van der Waals surface area (Å²) in [7, 11) is -2.43. The van der Waals surface area contributed by atoms with E-state index in [4.69, 9.17) is 0 Å². The zero-order valence-electron chi connectivity index (χ0n) is 7.15. The minimum absolute atomic E-state index is 0.384. The topological polar surface area (TPSA) is 34.1 Å². The first-order valence-electron chi connectivity index (χ1n) is 3.85. The van der Waals surface area contributed by atoms with Crippen LogP contribution in [0.5, 0.6) is 0 Å². The number of hydrogen-bond acceptors (Lipinski definition) is 2. The zero-order chi connectivity index (χ0) is 9.14. The predicted molar refractivity (Wildman–Crippen MR) is 49.1 cm³/mol. The van der Waals surface area contributed by atoms with E-state index < -0.39 is 10.7 Å². The van der Waals surface area contributed by atoms with Crippen LogP contribution in [0, 0.1) is 0 Å². The van der Waals surface area contributed by atoms with Gasteiger partial charge in [0, 0.05) is 0 Å². The number of hydrogen-bond donors (Lipinski definition) is 1. The summed E-state index contributed by atoms with van der Waals surface area (Å²) in [4.78, 5) is 0.384. The summed E-state index contributed by atoms with van der Waals surface area (Å²) in [5.74, 6) is 0.448. The lowest BCUT2D eigenvalue weighted by Gasteiger charge is -2.03. The molecule has 1 aromatic carbocycles. The van der Waals surface area contributed by atoms with Crippen LogP contribution in [0.1, 0.15) is 25.3 Å². The highest BCUT2D eigenvalue weighted by molar-refractivity contribution is 7.72. The smallest absolute Gasteiger partial charge is 0.168 e. The second-order valence-electron chi connectivity index (χ2n) is 3.00. The van der Waals surface area contributed by atoms with Gasteiger partial charge < -0.3 is 0 Å². The van der Waals surface area contributed by atoms with Crippen molar-refractivity contribution in [2.75, 3.05) is 0 Å². The Hall–Kier alpha value is -0.830. The second kappa shape index (κ2) is 3.72. The van der Waals surface area contributed by atoms with E-state index in [0.29, 0.717) is 10.8 Å². The fraction of sp³-hybridized carbons (Fsp3) is 0.333. The highest BCUT2D eigenvalue weighted by Gasteiger charge is 1.98. The molecule has 12 heavy (non-hydrogen) atoms. The molecule has 0 saturated heterocycles. The van der Waals surface area contributed by atoms with Crippen LogP contribution in [0.15, 0.2) is 29.2 Å². The summed E-state index contributed by atoms with van der Waals surface area (Å²) in [6, 6.07) is 6.98. The molecule has 0 aromatic heterocycles. The van der Waals surface area contributed by atoms with Gasteiger partial charge in [-0.05, 0) is 23.6 Å². The summed E-state index contributed by atoms with van der Waals surface area (Å²) >= 11 is 0. The molecule has 0 unspecified atom stereocenters. The van der Waals surface area contributed by atoms with Crippen molar-refractivity contribution in [2.45, 2.75) is 24.7 Å². The van der Waals surface area contributed by atoms with Gasteiger partial charge in [0.1, 0.15) is 0 Å². The largest absolute Gasteiger partial charge is 0.227 e. The number of benzene rings is 1. The normalized spacial score (nSPS) is 11.0. The lowest BCUT2D eigenvalue weighted by Crippen LogP contribution is -1.87. The zero-order valence-corrected chi connectivity index (χ0v) is 8.04. The quantitative estimate of drug-likeness (QED) is 0.711. The molecule has 0 bridgehead atoms. The lowest BCUT2D eigenvalue weighted by atomic mass is 10.0. The van der Waals surface area contributed by atoms with Crippen molar-refractivity contribution in [3.8, 4) is 0 Å². The van der Waals surface area contributed by atoms with E-state index in [1.165, 1.54) is 0 Å². The van der Waals surface area contributed by atoms with Crippen LogP contribution in [0.4, 0.5) is 0 Å². The lowest BCUT2D eigenvalue weighted by molar-refractivity contribution is 0.614. The van der Waals surface area contributed by atoms with Crippen LogP contribution in [0.25, 0.3) is 0 Å². The van der Waals surface area contributed by atoms with Crippen LogP contribution >= 0.6 is 0 Å². The van der Waals surface area contributed by atoms with Gasteiger partial charge in [0.15, 0.2) is 10.7 Å². The minimum Gasteiger partial charge on any atom is -0.227 e. The fourth-order valence-electron chi connectivity index (χ4n) is 0.981. The molecular formula is C9H12O2S. The standard InChI is InChI=1S/C9H12O2S/c1-7(2)8-3-5-9(6-4-8)12(10)11/h3-7,12H,1-2H3. The van der Waals surface area contributed by atoms with Crippen molar-refractivity contribution >= 4 is 10.7 Å². The third-order valence-corrected chi connectivity index (χ3v) is 2.49. The van der Waals surface area contributed by atoms with Crippen LogP contribution in [0.2, 0.25) is 0 Å². The molecule has 3 heteroatoms. The van der Waals surface area contributed by atoms with Crippen LogP contribution in [-0.4, -0.2) is 8.42 Å². The van der Waals surface area contributed by atoms with Gasteiger partial charge in [-0.3, -0.25) is 0 Å². The van der Waals surface area contributed by atoms with E-state index in [2.05, 4.69) is 13.8 Å². The van der Waals surface area contributed by atoms with Gasteiger partial charge in [0.25, 0.3) is 0 Å². The first-order chi connectivity index (χ1) is 5.61. The molecular weight excluding hydrogens is 172 g/mol. The molecule has 0 aliphatic carbocycles. The van der Waals surface area contributed by atoms with Gasteiger partial charge in [-0.25, -0.2) is 8.42 Å². The molecule has 0 N–H and O–H groups in total. The average Bonchev–Trinajstić information content (AvgIpc) is 2.04. The van der Waals surface area contributed by atoms with Crippen LogP contribution < -0.4 is 0 Å². The Morgan fingerprint density at radius 1 is 1.08 bits per heavy atom. The van der Waals surface area contributed by atoms with E-state index >= 15 is 0 Å². The molecule has 0 saturated carbocycles. The number of rotatable bonds is 2. The third-order valence-electron chi connectivity index (χ3n) is 1.77. The molecule has 0 aliphatic heterocycles. The average molecular weight is 184 g/mol. The van der Waals surface area contributed by atoms with Crippen molar-refractivity contribution in [1.82, 2.24) is 0 Å². The summed E-state index contributed by atoms with van der Waals surface area (Å²) in [6.07, 6.45) is 0. The Morgan fingerprint density at radius 3 is 1.92 bits per heavy atom. The van der Waals surface area contributed by atoms with E-state index in [1.54, 1.807) is 12.1 Å². The summed E-state index contributed by atoms with van der Waals surface area (Å²) in [5, 5.41) is 0. The first-order valence-corrected chi connectivity index (χ1v) is 5.03. The van der Waals surface area contributed by atoms with Crippen molar-refractivity contribution in [3.05, 3.63) is 29.8 Å². The van der Waals surface area contributed by atoms with E-state index in [9.17, 15) is 8.42 Å². The van der Waals surface area contributed by atoms with Crippen molar-refractivity contribution in [2.24, 2.45) is 0 Å². The van der Waals surface area contributed by atoms with Crippen molar-refractivity contribution < 1.29 is 8.42 Å². The predicted octanol–water partition coefficient (Wildman–Crippen LogP) is 1.78. The van der Waals surface area contributed by atoms with Gasteiger partial charge in [-0.2, -0.15) is 0 Å². The first kappa shape index (κ1) is 9.26. The molecule has 0 aliphatic rings. The van der Waals surface area contributed by atoms with Crippen molar-refractivity contribution in [1.29, 1.82) is 0 Å². The minimum atomic E-state index is -2.43. The Kier molecular flexibility index (Phi) is 2.87. The molecule has 0 atom stereocenters. The monoisotopic (exact) mass is 184 g/mol. The highest BCUT2D eigenvalue weighted by Crippen LogP contribution is 2.14.